The normalized spacial score (nSPS) is 17.4. The fourth-order valence-corrected chi connectivity index (χ4v) is 3.22. The van der Waals surface area contributed by atoms with E-state index in [0.29, 0.717) is 5.92 Å². The molecule has 1 aliphatic heterocycles. The van der Waals surface area contributed by atoms with Gasteiger partial charge in [0.05, 0.1) is 11.6 Å². The van der Waals surface area contributed by atoms with Crippen LogP contribution in [0.1, 0.15) is 25.0 Å². The van der Waals surface area contributed by atoms with E-state index in [4.69, 9.17) is 0 Å². The first-order valence-corrected chi connectivity index (χ1v) is 8.03. The van der Waals surface area contributed by atoms with Crippen molar-refractivity contribution in [3.05, 3.63) is 24.2 Å². The molecular weight excluding hydrogens is 292 g/mol. The summed E-state index contributed by atoms with van der Waals surface area (Å²) in [5.41, 5.74) is 0.848. The number of hydrogen-bond donors (Lipinski definition) is 1. The molecule has 1 aliphatic rings. The quantitative estimate of drug-likeness (QED) is 0.779. The molecule has 8 nitrogen and oxygen atoms in total. The number of nitrogens with one attached hydrogen (secondary N) is 1. The fourth-order valence-electron chi connectivity index (χ4n) is 3.22. The van der Waals surface area contributed by atoms with Gasteiger partial charge >= 0.3 is 0 Å². The second-order valence-corrected chi connectivity index (χ2v) is 6.01. The minimum absolute atomic E-state index is 0.547. The van der Waals surface area contributed by atoms with Crippen molar-refractivity contribution in [2.75, 3.05) is 11.9 Å². The Labute approximate surface area is 134 Å². The van der Waals surface area contributed by atoms with Gasteiger partial charge in [-0.1, -0.05) is 6.92 Å². The number of aryl methyl sites for hydroxylation is 3. The van der Waals surface area contributed by atoms with Crippen LogP contribution in [0.25, 0.3) is 11.0 Å². The summed E-state index contributed by atoms with van der Waals surface area (Å²) in [6.07, 6.45) is 6.43. The van der Waals surface area contributed by atoms with Crippen LogP contribution in [0.3, 0.4) is 0 Å². The summed E-state index contributed by atoms with van der Waals surface area (Å²) in [5, 5.41) is 17.2. The third-order valence-electron chi connectivity index (χ3n) is 4.52. The first kappa shape index (κ1) is 14.1. The van der Waals surface area contributed by atoms with Gasteiger partial charge in [0, 0.05) is 33.0 Å². The topological polar surface area (TPSA) is 86.3 Å². The van der Waals surface area contributed by atoms with Crippen LogP contribution in [-0.2, 0) is 26.4 Å². The average molecular weight is 312 g/mol. The SMILES string of the molecule is CCc1nnc2n1C[C@@H](CNc1ncnc3c1cnn3C)CC2. The third-order valence-corrected chi connectivity index (χ3v) is 4.52. The number of hydrogen-bond acceptors (Lipinski definition) is 6. The smallest absolute Gasteiger partial charge is 0.163 e. The molecule has 0 bridgehead atoms. The minimum atomic E-state index is 0.547. The van der Waals surface area contributed by atoms with Gasteiger partial charge in [-0.15, -0.1) is 10.2 Å². The monoisotopic (exact) mass is 312 g/mol. The minimum Gasteiger partial charge on any atom is -0.369 e. The van der Waals surface area contributed by atoms with E-state index in [1.165, 1.54) is 0 Å². The van der Waals surface area contributed by atoms with E-state index in [9.17, 15) is 0 Å². The number of fused-ring (bicyclic) bond motifs is 2. The molecular formula is C15H20N8. The lowest BCUT2D eigenvalue weighted by Gasteiger charge is -2.24. The molecule has 0 saturated heterocycles. The lowest BCUT2D eigenvalue weighted by Crippen LogP contribution is -2.27. The van der Waals surface area contributed by atoms with E-state index < -0.39 is 0 Å². The Kier molecular flexibility index (Phi) is 3.44. The van der Waals surface area contributed by atoms with E-state index in [1.54, 1.807) is 11.0 Å². The van der Waals surface area contributed by atoms with Crippen LogP contribution in [0.2, 0.25) is 0 Å². The van der Waals surface area contributed by atoms with Crippen LogP contribution in [-0.4, -0.2) is 41.1 Å². The summed E-state index contributed by atoms with van der Waals surface area (Å²) in [6.45, 7) is 3.97. The molecule has 0 aromatic carbocycles. The van der Waals surface area contributed by atoms with Crippen LogP contribution in [0, 0.1) is 5.92 Å². The zero-order valence-electron chi connectivity index (χ0n) is 13.4. The molecule has 0 aliphatic carbocycles. The average Bonchev–Trinajstić information content (AvgIpc) is 3.16. The molecule has 0 spiro atoms. The van der Waals surface area contributed by atoms with E-state index in [0.717, 1.165) is 60.9 Å². The largest absolute Gasteiger partial charge is 0.369 e. The summed E-state index contributed by atoms with van der Waals surface area (Å²) in [4.78, 5) is 8.64. The van der Waals surface area contributed by atoms with Crippen LogP contribution < -0.4 is 5.32 Å². The summed E-state index contributed by atoms with van der Waals surface area (Å²) in [7, 11) is 1.89. The molecule has 23 heavy (non-hydrogen) atoms. The fraction of sp³-hybridized carbons (Fsp3) is 0.533. The summed E-state index contributed by atoms with van der Waals surface area (Å²) in [5.74, 6) is 3.61. The molecule has 3 aromatic rings. The van der Waals surface area contributed by atoms with Gasteiger partial charge in [0.25, 0.3) is 0 Å². The molecule has 0 saturated carbocycles. The van der Waals surface area contributed by atoms with Gasteiger partial charge in [-0.25, -0.2) is 9.97 Å². The van der Waals surface area contributed by atoms with Crippen molar-refractivity contribution in [2.24, 2.45) is 13.0 Å². The Morgan fingerprint density at radius 3 is 3.09 bits per heavy atom. The van der Waals surface area contributed by atoms with Crippen LogP contribution in [0.15, 0.2) is 12.5 Å². The standard InChI is InChI=1S/C15H20N8/c1-3-12-20-21-13-5-4-10(8-23(12)13)6-16-14-11-7-19-22(2)15(11)18-9-17-14/h7,9-10H,3-6,8H2,1-2H3,(H,16,17,18)/t10-/m1/s1. The highest BCUT2D eigenvalue weighted by Crippen LogP contribution is 2.22. The van der Waals surface area contributed by atoms with E-state index in [1.807, 2.05) is 13.2 Å². The maximum absolute atomic E-state index is 4.37. The van der Waals surface area contributed by atoms with Gasteiger partial charge in [-0.3, -0.25) is 4.68 Å². The maximum Gasteiger partial charge on any atom is 0.163 e. The van der Waals surface area contributed by atoms with E-state index >= 15 is 0 Å². The second-order valence-electron chi connectivity index (χ2n) is 6.01. The lowest BCUT2D eigenvalue weighted by atomic mass is 9.99. The Morgan fingerprint density at radius 2 is 2.22 bits per heavy atom. The van der Waals surface area contributed by atoms with Crippen molar-refractivity contribution in [1.29, 1.82) is 0 Å². The first-order chi connectivity index (χ1) is 11.3. The molecule has 1 N–H and O–H groups in total. The Balaban J connectivity index is 1.49. The number of nitrogens with zero attached hydrogens (tertiary/aromatic N) is 7. The molecule has 0 fully saturated rings. The predicted molar refractivity (Wildman–Crippen MR) is 86.0 cm³/mol. The zero-order valence-corrected chi connectivity index (χ0v) is 13.4. The van der Waals surface area contributed by atoms with Gasteiger partial charge in [0.1, 0.15) is 23.8 Å². The predicted octanol–water partition coefficient (Wildman–Crippen LogP) is 1.19. The van der Waals surface area contributed by atoms with Crippen LogP contribution in [0.4, 0.5) is 5.82 Å². The molecule has 0 radical (unpaired) electrons. The molecule has 0 amide bonds. The van der Waals surface area contributed by atoms with Crippen molar-refractivity contribution in [3.8, 4) is 0 Å². The van der Waals surface area contributed by atoms with Crippen LogP contribution >= 0.6 is 0 Å². The van der Waals surface area contributed by atoms with E-state index in [-0.39, 0.29) is 0 Å². The van der Waals surface area contributed by atoms with Crippen LogP contribution in [0.5, 0.6) is 0 Å². The summed E-state index contributed by atoms with van der Waals surface area (Å²) < 4.78 is 4.04. The van der Waals surface area contributed by atoms with Gasteiger partial charge < -0.3 is 9.88 Å². The number of rotatable bonds is 4. The van der Waals surface area contributed by atoms with Crippen molar-refractivity contribution in [1.82, 2.24) is 34.5 Å². The van der Waals surface area contributed by atoms with Gasteiger partial charge in [-0.2, -0.15) is 5.10 Å². The molecule has 4 rings (SSSR count). The van der Waals surface area contributed by atoms with Gasteiger partial charge in [0.2, 0.25) is 0 Å². The zero-order chi connectivity index (χ0) is 15.8. The Bertz CT molecular complexity index is 820. The summed E-state index contributed by atoms with van der Waals surface area (Å²) in [6, 6.07) is 0. The third kappa shape index (κ3) is 2.43. The second kappa shape index (κ2) is 5.60. The molecule has 120 valence electrons. The van der Waals surface area contributed by atoms with E-state index in [2.05, 4.69) is 42.1 Å². The highest BCUT2D eigenvalue weighted by molar-refractivity contribution is 5.85. The van der Waals surface area contributed by atoms with Crippen molar-refractivity contribution >= 4 is 16.9 Å². The molecule has 8 heteroatoms. The van der Waals surface area contributed by atoms with Gasteiger partial charge in [-0.05, 0) is 12.3 Å². The number of aromatic nitrogens is 7. The van der Waals surface area contributed by atoms with Crippen molar-refractivity contribution in [3.63, 3.8) is 0 Å². The Morgan fingerprint density at radius 1 is 1.30 bits per heavy atom. The molecule has 4 heterocycles. The highest BCUT2D eigenvalue weighted by Gasteiger charge is 2.22. The molecule has 0 unspecified atom stereocenters. The van der Waals surface area contributed by atoms with Crippen molar-refractivity contribution in [2.45, 2.75) is 32.7 Å². The first-order valence-electron chi connectivity index (χ1n) is 8.03. The maximum atomic E-state index is 4.37. The molecule has 3 aromatic heterocycles. The summed E-state index contributed by atoms with van der Waals surface area (Å²) >= 11 is 0. The van der Waals surface area contributed by atoms with Crippen molar-refractivity contribution < 1.29 is 0 Å². The Hall–Kier alpha value is -2.51. The number of anilines is 1. The lowest BCUT2D eigenvalue weighted by molar-refractivity contribution is 0.374. The highest BCUT2D eigenvalue weighted by atomic mass is 15.3. The van der Waals surface area contributed by atoms with Gasteiger partial charge in [0.15, 0.2) is 5.65 Å². The molecule has 1 atom stereocenters.